The van der Waals surface area contributed by atoms with Gasteiger partial charge in [-0.25, -0.2) is 0 Å². The minimum absolute atomic E-state index is 0.397. The van der Waals surface area contributed by atoms with E-state index in [9.17, 15) is 0 Å². The fourth-order valence-corrected chi connectivity index (χ4v) is 4.23. The van der Waals surface area contributed by atoms with Crippen LogP contribution in [0.4, 0.5) is 5.88 Å². The molecule has 1 saturated carbocycles. The van der Waals surface area contributed by atoms with Crippen LogP contribution in [0.25, 0.3) is 0 Å². The minimum Gasteiger partial charge on any atom is -0.354 e. The summed E-state index contributed by atoms with van der Waals surface area (Å²) in [4.78, 5) is 0. The Morgan fingerprint density at radius 1 is 1.00 bits per heavy atom. The van der Waals surface area contributed by atoms with Gasteiger partial charge in [-0.15, -0.1) is 0 Å². The minimum atomic E-state index is 0.397. The van der Waals surface area contributed by atoms with Crippen LogP contribution in [0.15, 0.2) is 34.9 Å². The van der Waals surface area contributed by atoms with Crippen LogP contribution in [-0.2, 0) is 6.42 Å². The number of anilines is 1. The average molecular weight is 310 g/mol. The van der Waals surface area contributed by atoms with Gasteiger partial charge in [-0.1, -0.05) is 54.8 Å². The predicted octanol–water partition coefficient (Wildman–Crippen LogP) is 5.14. The maximum Gasteiger partial charge on any atom is 0.228 e. The molecule has 2 aromatic rings. The summed E-state index contributed by atoms with van der Waals surface area (Å²) < 4.78 is 5.70. The Hall–Kier alpha value is -1.77. The number of nitrogens with zero attached hydrogens (tertiary/aromatic N) is 1. The smallest absolute Gasteiger partial charge is 0.228 e. The maximum atomic E-state index is 5.70. The third kappa shape index (κ3) is 3.15. The lowest BCUT2D eigenvalue weighted by molar-refractivity contribution is 0.366. The van der Waals surface area contributed by atoms with Gasteiger partial charge in [-0.3, -0.25) is 0 Å². The normalized spacial score (nSPS) is 21.8. The van der Waals surface area contributed by atoms with E-state index in [0.29, 0.717) is 5.92 Å². The second kappa shape index (κ2) is 6.77. The fraction of sp³-hybridized carbons (Fsp3) is 0.550. The maximum absolute atomic E-state index is 5.70. The fourth-order valence-electron chi connectivity index (χ4n) is 4.23. The van der Waals surface area contributed by atoms with E-state index in [0.717, 1.165) is 30.5 Å². The van der Waals surface area contributed by atoms with Gasteiger partial charge >= 0.3 is 0 Å². The van der Waals surface area contributed by atoms with Crippen molar-refractivity contribution < 1.29 is 4.52 Å². The number of nitrogens with one attached hydrogen (secondary N) is 1. The molecule has 2 aliphatic carbocycles. The van der Waals surface area contributed by atoms with Crippen LogP contribution >= 0.6 is 0 Å². The van der Waals surface area contributed by atoms with Crippen LogP contribution in [0, 0.1) is 5.92 Å². The zero-order chi connectivity index (χ0) is 15.5. The second-order valence-electron chi connectivity index (χ2n) is 7.12. The number of aromatic nitrogens is 1. The van der Waals surface area contributed by atoms with E-state index in [1.54, 1.807) is 0 Å². The number of hydrogen-bond acceptors (Lipinski definition) is 3. The number of benzene rings is 1. The number of hydrogen-bond donors (Lipinski definition) is 1. The van der Waals surface area contributed by atoms with Gasteiger partial charge in [0.1, 0.15) is 0 Å². The average Bonchev–Trinajstić information content (AvgIpc) is 3.05. The van der Waals surface area contributed by atoms with Crippen molar-refractivity contribution >= 4 is 5.88 Å². The van der Waals surface area contributed by atoms with Gasteiger partial charge in [0.25, 0.3) is 0 Å². The molecule has 23 heavy (non-hydrogen) atoms. The first-order valence-electron chi connectivity index (χ1n) is 9.19. The van der Waals surface area contributed by atoms with E-state index in [1.807, 2.05) is 0 Å². The van der Waals surface area contributed by atoms with E-state index >= 15 is 0 Å². The Balaban J connectivity index is 1.49. The Bertz CT molecular complexity index is 628. The quantitative estimate of drug-likeness (QED) is 0.850. The third-order valence-electron chi connectivity index (χ3n) is 5.55. The lowest BCUT2D eigenvalue weighted by atomic mass is 9.83. The van der Waals surface area contributed by atoms with Crippen molar-refractivity contribution in [2.75, 3.05) is 11.9 Å². The molecule has 0 spiro atoms. The molecule has 0 radical (unpaired) electrons. The molecule has 0 amide bonds. The van der Waals surface area contributed by atoms with Gasteiger partial charge in [0.2, 0.25) is 5.88 Å². The van der Waals surface area contributed by atoms with Crippen molar-refractivity contribution in [1.29, 1.82) is 0 Å². The molecule has 1 aromatic carbocycles. The third-order valence-corrected chi connectivity index (χ3v) is 5.55. The second-order valence-corrected chi connectivity index (χ2v) is 7.12. The highest BCUT2D eigenvalue weighted by atomic mass is 16.5. The molecule has 1 atom stereocenters. The summed E-state index contributed by atoms with van der Waals surface area (Å²) in [5.41, 5.74) is 3.84. The predicted molar refractivity (Wildman–Crippen MR) is 92.8 cm³/mol. The highest BCUT2D eigenvalue weighted by Gasteiger charge is 2.28. The van der Waals surface area contributed by atoms with Gasteiger partial charge < -0.3 is 9.84 Å². The van der Waals surface area contributed by atoms with E-state index in [-0.39, 0.29) is 0 Å². The molecule has 3 nitrogen and oxygen atoms in total. The van der Waals surface area contributed by atoms with Crippen LogP contribution in [0.1, 0.15) is 67.7 Å². The standard InChI is InChI=1S/C20H26N2O/c1-3-8-15(9-4-1)14-21-20-18-13-7-12-17(19(18)22-23-20)16-10-5-2-6-11-16/h2,5-6,10-11,15,17,21H,1,3-4,7-9,12-14H2. The molecule has 1 fully saturated rings. The first-order chi connectivity index (χ1) is 11.4. The summed E-state index contributed by atoms with van der Waals surface area (Å²) in [6.07, 6.45) is 10.4. The van der Waals surface area contributed by atoms with Crippen LogP contribution in [0.2, 0.25) is 0 Å². The molecule has 122 valence electrons. The molecule has 0 saturated heterocycles. The lowest BCUT2D eigenvalue weighted by Gasteiger charge is -2.23. The number of fused-ring (bicyclic) bond motifs is 1. The van der Waals surface area contributed by atoms with Crippen LogP contribution < -0.4 is 5.32 Å². The van der Waals surface area contributed by atoms with E-state index in [1.165, 1.54) is 56.1 Å². The molecule has 1 N–H and O–H groups in total. The van der Waals surface area contributed by atoms with Gasteiger partial charge in [0.05, 0.1) is 5.69 Å². The molecule has 0 aliphatic heterocycles. The topological polar surface area (TPSA) is 38.1 Å². The summed E-state index contributed by atoms with van der Waals surface area (Å²) >= 11 is 0. The molecule has 2 aliphatic rings. The molecule has 0 bridgehead atoms. The molecular formula is C20H26N2O. The van der Waals surface area contributed by atoms with Crippen LogP contribution in [-0.4, -0.2) is 11.7 Å². The SMILES string of the molecule is c1ccc(C2CCCc3c2noc3NCC2CCCCC2)cc1. The first-order valence-corrected chi connectivity index (χ1v) is 9.19. The van der Waals surface area contributed by atoms with Gasteiger partial charge in [-0.05, 0) is 43.6 Å². The molecule has 1 unspecified atom stereocenters. The summed E-state index contributed by atoms with van der Waals surface area (Å²) in [7, 11) is 0. The highest BCUT2D eigenvalue weighted by Crippen LogP contribution is 2.39. The lowest BCUT2D eigenvalue weighted by Crippen LogP contribution is -2.18. The van der Waals surface area contributed by atoms with Crippen molar-refractivity contribution in [2.24, 2.45) is 5.92 Å². The van der Waals surface area contributed by atoms with Gasteiger partial charge in [0.15, 0.2) is 0 Å². The van der Waals surface area contributed by atoms with E-state index in [4.69, 9.17) is 4.52 Å². The number of rotatable bonds is 4. The highest BCUT2D eigenvalue weighted by molar-refractivity contribution is 5.48. The van der Waals surface area contributed by atoms with Crippen molar-refractivity contribution in [2.45, 2.75) is 57.3 Å². The molecule has 4 rings (SSSR count). The monoisotopic (exact) mass is 310 g/mol. The van der Waals surface area contributed by atoms with Crippen molar-refractivity contribution in [3.8, 4) is 0 Å². The summed E-state index contributed by atoms with van der Waals surface area (Å²) in [6, 6.07) is 10.7. The van der Waals surface area contributed by atoms with Gasteiger partial charge in [-0.2, -0.15) is 0 Å². The molecule has 1 heterocycles. The Kier molecular flexibility index (Phi) is 4.36. The Labute approximate surface area is 138 Å². The summed E-state index contributed by atoms with van der Waals surface area (Å²) in [5, 5.41) is 8.01. The Morgan fingerprint density at radius 2 is 1.83 bits per heavy atom. The van der Waals surface area contributed by atoms with Crippen molar-refractivity contribution in [1.82, 2.24) is 5.16 Å². The van der Waals surface area contributed by atoms with E-state index < -0.39 is 0 Å². The Morgan fingerprint density at radius 3 is 2.65 bits per heavy atom. The summed E-state index contributed by atoms with van der Waals surface area (Å²) in [5.74, 6) is 2.14. The van der Waals surface area contributed by atoms with Gasteiger partial charge in [0, 0.05) is 18.0 Å². The summed E-state index contributed by atoms with van der Waals surface area (Å²) in [6.45, 7) is 1.04. The molecule has 3 heteroatoms. The van der Waals surface area contributed by atoms with Crippen molar-refractivity contribution in [3.05, 3.63) is 47.2 Å². The molecule has 1 aromatic heterocycles. The van der Waals surface area contributed by atoms with E-state index in [2.05, 4.69) is 40.8 Å². The van der Waals surface area contributed by atoms with Crippen LogP contribution in [0.5, 0.6) is 0 Å². The molecular weight excluding hydrogens is 284 g/mol. The zero-order valence-electron chi connectivity index (χ0n) is 13.8. The largest absolute Gasteiger partial charge is 0.354 e. The van der Waals surface area contributed by atoms with Crippen LogP contribution in [0.3, 0.4) is 0 Å². The van der Waals surface area contributed by atoms with Crippen molar-refractivity contribution in [3.63, 3.8) is 0 Å². The zero-order valence-corrected chi connectivity index (χ0v) is 13.8. The first kappa shape index (κ1) is 14.8.